The van der Waals surface area contributed by atoms with Gasteiger partial charge in [-0.2, -0.15) is 0 Å². The lowest BCUT2D eigenvalue weighted by Gasteiger charge is -2.24. The first-order valence-corrected chi connectivity index (χ1v) is 22.8. The fraction of sp³-hybridized carbons (Fsp3) is 0.340. The van der Waals surface area contributed by atoms with E-state index in [0.717, 1.165) is 33.6 Å². The van der Waals surface area contributed by atoms with Gasteiger partial charge in [0.1, 0.15) is 19.0 Å². The number of anilines is 2. The first kappa shape index (κ1) is 45.0. The van der Waals surface area contributed by atoms with E-state index in [0.29, 0.717) is 103 Å². The van der Waals surface area contributed by atoms with E-state index in [1.807, 2.05) is 99.9 Å². The quantitative estimate of drug-likeness (QED) is 0.0851. The molecule has 0 fully saturated rings. The molecule has 0 aromatic heterocycles. The lowest BCUT2D eigenvalue weighted by Crippen LogP contribution is -2.37. The Morgan fingerprint density at radius 2 is 1.22 bits per heavy atom. The number of fused-ring (bicyclic) bond motifs is 8. The molecule has 0 saturated carbocycles. The predicted molar refractivity (Wildman–Crippen MR) is 257 cm³/mol. The number of hydrogen-bond acceptors (Lipinski definition) is 11. The molecule has 2 atom stereocenters. The van der Waals surface area contributed by atoms with E-state index < -0.39 is 0 Å². The maximum atomic E-state index is 14.0. The van der Waals surface area contributed by atoms with Gasteiger partial charge in [-0.15, -0.1) is 0 Å². The Kier molecular flexibility index (Phi) is 13.0. The summed E-state index contributed by atoms with van der Waals surface area (Å²) in [6, 6.07) is 28.0. The van der Waals surface area contributed by atoms with Crippen molar-refractivity contribution in [2.45, 2.75) is 83.8 Å². The number of amides is 3. The molecule has 4 aliphatic rings. The van der Waals surface area contributed by atoms with Gasteiger partial charge in [0.05, 0.1) is 61.0 Å². The molecular weight excluding hydrogens is 851 g/mol. The van der Waals surface area contributed by atoms with Crippen LogP contribution >= 0.6 is 0 Å². The zero-order chi connectivity index (χ0) is 46.7. The molecule has 346 valence electrons. The fourth-order valence-electron chi connectivity index (χ4n) is 9.16. The van der Waals surface area contributed by atoms with Gasteiger partial charge >= 0.3 is 0 Å². The van der Waals surface area contributed by atoms with Crippen LogP contribution in [0.1, 0.15) is 83.0 Å². The summed E-state index contributed by atoms with van der Waals surface area (Å²) in [4.78, 5) is 53.8. The van der Waals surface area contributed by atoms with Crippen molar-refractivity contribution < 1.29 is 42.8 Å². The molecule has 5 aromatic carbocycles. The Morgan fingerprint density at radius 1 is 0.701 bits per heavy atom. The third kappa shape index (κ3) is 9.57. The normalized spacial score (nSPS) is 16.5. The summed E-state index contributed by atoms with van der Waals surface area (Å²) in [6.07, 6.45) is 6.53. The van der Waals surface area contributed by atoms with Gasteiger partial charge in [0, 0.05) is 68.4 Å². The van der Waals surface area contributed by atoms with Crippen LogP contribution in [0, 0.1) is 0 Å². The van der Waals surface area contributed by atoms with Crippen molar-refractivity contribution in [3.8, 4) is 28.7 Å². The summed E-state index contributed by atoms with van der Waals surface area (Å²) in [6.45, 7) is 7.64. The van der Waals surface area contributed by atoms with E-state index in [1.54, 1.807) is 48.3 Å². The molecule has 3 amide bonds. The minimum absolute atomic E-state index is 0.0518. The van der Waals surface area contributed by atoms with Crippen LogP contribution in [-0.4, -0.2) is 81.8 Å². The largest absolute Gasteiger partial charge is 0.494 e. The van der Waals surface area contributed by atoms with Gasteiger partial charge < -0.3 is 33.7 Å². The highest BCUT2D eigenvalue weighted by molar-refractivity contribution is 6.15. The molecule has 0 spiro atoms. The summed E-state index contributed by atoms with van der Waals surface area (Å²) in [5.41, 5.74) is 7.03. The lowest BCUT2D eigenvalue weighted by atomic mass is 10.1. The van der Waals surface area contributed by atoms with Crippen LogP contribution in [0.2, 0.25) is 0 Å². The van der Waals surface area contributed by atoms with E-state index in [4.69, 9.17) is 38.4 Å². The van der Waals surface area contributed by atoms with E-state index in [-0.39, 0.29) is 48.6 Å². The number of hydrogen-bond donors (Lipinski definition) is 1. The number of carbonyl (C=O) groups is 3. The standard InChI is InChI=1S/C53H55N5O9/c1-6-67-53(2,3)17-18-54-50(59)16-11-19-64-39-21-33(31-65-48-27-42-40(25-46(48)62-4)51(60)57-37(29-55-42)23-35-12-7-9-14-44(35)57)20-34(22-39)32-66-49-28-43-41(26-47(49)63-5)52(61)58-38(30-56-43)24-36-13-8-10-15-45(36)58/h7-10,12-15,20-22,25-30,37-38H,6,11,16-19,23-24,31-32H2,1-5H3,(H,54,59)/t37-,38-/m0/s1. The second-order valence-corrected chi connectivity index (χ2v) is 17.6. The van der Waals surface area contributed by atoms with Gasteiger partial charge in [-0.3, -0.25) is 34.2 Å². The topological polar surface area (TPSA) is 150 Å². The number of nitrogens with zero attached hydrogens (tertiary/aromatic N) is 4. The van der Waals surface area contributed by atoms with Gasteiger partial charge in [-0.25, -0.2) is 0 Å². The Hall–Kier alpha value is -7.19. The van der Waals surface area contributed by atoms with Crippen molar-refractivity contribution in [2.24, 2.45) is 9.98 Å². The molecule has 4 aliphatic heterocycles. The van der Waals surface area contributed by atoms with Crippen LogP contribution in [-0.2, 0) is 35.6 Å². The number of carbonyl (C=O) groups excluding carboxylic acids is 3. The van der Waals surface area contributed by atoms with Crippen molar-refractivity contribution in [1.82, 2.24) is 5.32 Å². The molecule has 5 aromatic rings. The molecule has 0 bridgehead atoms. The molecule has 0 saturated heterocycles. The van der Waals surface area contributed by atoms with Crippen LogP contribution in [0.3, 0.4) is 0 Å². The summed E-state index contributed by atoms with van der Waals surface area (Å²) in [7, 11) is 3.08. The van der Waals surface area contributed by atoms with Crippen molar-refractivity contribution in [3.63, 3.8) is 0 Å². The summed E-state index contributed by atoms with van der Waals surface area (Å²) >= 11 is 0. The monoisotopic (exact) mass is 905 g/mol. The molecule has 0 aliphatic carbocycles. The van der Waals surface area contributed by atoms with Crippen molar-refractivity contribution >= 4 is 52.9 Å². The van der Waals surface area contributed by atoms with E-state index in [1.165, 1.54) is 0 Å². The Balaban J connectivity index is 0.927. The van der Waals surface area contributed by atoms with Gasteiger partial charge in [0.25, 0.3) is 11.8 Å². The zero-order valence-electron chi connectivity index (χ0n) is 38.5. The van der Waals surface area contributed by atoms with Crippen molar-refractivity contribution in [2.75, 3.05) is 43.8 Å². The van der Waals surface area contributed by atoms with Crippen molar-refractivity contribution in [1.29, 1.82) is 0 Å². The molecule has 14 nitrogen and oxygen atoms in total. The summed E-state index contributed by atoms with van der Waals surface area (Å²) in [5.74, 6) is 1.83. The van der Waals surface area contributed by atoms with E-state index >= 15 is 0 Å². The number of rotatable bonds is 18. The number of para-hydroxylation sites is 2. The van der Waals surface area contributed by atoms with Gasteiger partial charge in [-0.05, 0) is 98.3 Å². The van der Waals surface area contributed by atoms with Crippen molar-refractivity contribution in [3.05, 3.63) is 124 Å². The first-order chi connectivity index (χ1) is 32.5. The highest BCUT2D eigenvalue weighted by Crippen LogP contribution is 2.43. The van der Waals surface area contributed by atoms with Gasteiger partial charge in [0.15, 0.2) is 23.0 Å². The number of benzene rings is 5. The maximum Gasteiger partial charge on any atom is 0.261 e. The first-order valence-electron chi connectivity index (χ1n) is 22.8. The van der Waals surface area contributed by atoms with E-state index in [9.17, 15) is 14.4 Å². The fourth-order valence-corrected chi connectivity index (χ4v) is 9.16. The number of nitrogens with one attached hydrogen (secondary N) is 1. The summed E-state index contributed by atoms with van der Waals surface area (Å²) < 4.78 is 36.4. The molecule has 9 rings (SSSR count). The maximum absolute atomic E-state index is 14.0. The third-order valence-corrected chi connectivity index (χ3v) is 12.5. The summed E-state index contributed by atoms with van der Waals surface area (Å²) in [5, 5.41) is 2.99. The second-order valence-electron chi connectivity index (χ2n) is 17.6. The minimum Gasteiger partial charge on any atom is -0.494 e. The van der Waals surface area contributed by atoms with Gasteiger partial charge in [0.2, 0.25) is 5.91 Å². The number of ether oxygens (including phenoxy) is 6. The molecule has 67 heavy (non-hydrogen) atoms. The minimum atomic E-state index is -0.313. The van der Waals surface area contributed by atoms with Crippen LogP contribution in [0.25, 0.3) is 0 Å². The average Bonchev–Trinajstić information content (AvgIpc) is 3.82. The van der Waals surface area contributed by atoms with Gasteiger partial charge in [-0.1, -0.05) is 36.4 Å². The number of methoxy groups -OCH3 is 2. The Labute approximate surface area is 390 Å². The van der Waals surface area contributed by atoms with E-state index in [2.05, 4.69) is 5.32 Å². The Morgan fingerprint density at radius 3 is 1.73 bits per heavy atom. The highest BCUT2D eigenvalue weighted by atomic mass is 16.5. The van der Waals surface area contributed by atoms with Crippen LogP contribution < -0.4 is 38.8 Å². The predicted octanol–water partition coefficient (Wildman–Crippen LogP) is 8.92. The second kappa shape index (κ2) is 19.3. The van der Waals surface area contributed by atoms with Crippen LogP contribution in [0.15, 0.2) is 101 Å². The number of aliphatic imine (C=N–C) groups is 2. The SMILES string of the molecule is CCOC(C)(C)CCNC(=O)CCCOc1cc(COc2cc3c(cc2OC)C(=O)N2c4ccccc4C[C@H]2C=N3)cc(COc2cc3c(cc2OC)C(=O)N2c4ccccc4C[C@H]2C=N3)c1. The molecule has 4 heterocycles. The molecular formula is C53H55N5O9. The molecule has 1 N–H and O–H groups in total. The third-order valence-electron chi connectivity index (χ3n) is 12.5. The molecule has 14 heteroatoms. The zero-order valence-corrected chi connectivity index (χ0v) is 38.5. The average molecular weight is 906 g/mol. The smallest absolute Gasteiger partial charge is 0.261 e. The Bertz CT molecular complexity index is 2610. The molecule has 0 unspecified atom stereocenters. The van der Waals surface area contributed by atoms with Crippen LogP contribution in [0.5, 0.6) is 28.7 Å². The lowest BCUT2D eigenvalue weighted by molar-refractivity contribution is -0.121. The van der Waals surface area contributed by atoms with Crippen LogP contribution in [0.4, 0.5) is 22.7 Å². The molecule has 0 radical (unpaired) electrons. The highest BCUT2D eigenvalue weighted by Gasteiger charge is 2.38.